The lowest BCUT2D eigenvalue weighted by atomic mass is 10.0. The Hall–Kier alpha value is -4.75. The number of allylic oxidation sites excluding steroid dienone is 2. The average Bonchev–Trinajstić information content (AvgIpc) is 3.63. The van der Waals surface area contributed by atoms with Crippen molar-refractivity contribution < 1.29 is 39.7 Å². The van der Waals surface area contributed by atoms with Crippen molar-refractivity contribution in [1.82, 2.24) is 0 Å². The molecule has 6 rings (SSSR count). The molecule has 266 valence electrons. The highest BCUT2D eigenvalue weighted by Crippen LogP contribution is 2.42. The third kappa shape index (κ3) is 9.33. The topological polar surface area (TPSA) is 138 Å². The Balaban J connectivity index is 1.36. The van der Waals surface area contributed by atoms with Crippen LogP contribution in [0.15, 0.2) is 119 Å². The van der Waals surface area contributed by atoms with Crippen molar-refractivity contribution in [3.8, 4) is 28.0 Å². The molecule has 10 nitrogen and oxygen atoms in total. The molecule has 0 spiro atoms. The first-order chi connectivity index (χ1) is 24.5. The fraction of sp³-hybridized carbons (Fsp3) is 0.256. The largest absolute Gasteiger partial charge is 0.439 e. The molecule has 0 saturated carbocycles. The van der Waals surface area contributed by atoms with E-state index in [0.717, 1.165) is 39.0 Å². The number of aromatic nitrogens is 1. The van der Waals surface area contributed by atoms with Crippen molar-refractivity contribution in [2.45, 2.75) is 45.6 Å². The molecular weight excluding hydrogens is 689 g/mol. The van der Waals surface area contributed by atoms with Gasteiger partial charge in [-0.25, -0.2) is 0 Å². The Morgan fingerprint density at radius 1 is 0.745 bits per heavy atom. The fourth-order valence-corrected chi connectivity index (χ4v) is 7.31. The van der Waals surface area contributed by atoms with E-state index in [2.05, 4.69) is 12.1 Å². The number of hydrogen-bond acceptors (Lipinski definition) is 7. The van der Waals surface area contributed by atoms with Gasteiger partial charge in [-0.2, -0.15) is 21.4 Å². The number of ether oxygens (including phenoxy) is 1. The van der Waals surface area contributed by atoms with Gasteiger partial charge in [0.2, 0.25) is 11.5 Å². The molecule has 0 fully saturated rings. The molecule has 2 heterocycles. The second-order valence-electron chi connectivity index (χ2n) is 12.5. The van der Waals surface area contributed by atoms with E-state index < -0.39 is 20.2 Å². The zero-order valence-corrected chi connectivity index (χ0v) is 29.9. The molecule has 0 atom stereocenters. The second kappa shape index (κ2) is 15.6. The molecule has 1 aromatic heterocycles. The van der Waals surface area contributed by atoms with Crippen LogP contribution in [-0.4, -0.2) is 44.0 Å². The Bertz CT molecular complexity index is 2280. The van der Waals surface area contributed by atoms with E-state index in [1.807, 2.05) is 113 Å². The molecule has 0 radical (unpaired) electrons. The fourth-order valence-electron chi connectivity index (χ4n) is 6.17. The maximum absolute atomic E-state index is 11.4. The van der Waals surface area contributed by atoms with Crippen LogP contribution in [-0.2, 0) is 26.8 Å². The van der Waals surface area contributed by atoms with Crippen LogP contribution in [0.1, 0.15) is 44.9 Å². The molecule has 5 aromatic rings. The third-order valence-electron chi connectivity index (χ3n) is 8.77. The first-order valence-electron chi connectivity index (χ1n) is 17.0. The van der Waals surface area contributed by atoms with Gasteiger partial charge < -0.3 is 14.1 Å². The summed E-state index contributed by atoms with van der Waals surface area (Å²) in [6.07, 6.45) is 6.11. The van der Waals surface area contributed by atoms with Crippen LogP contribution in [0.5, 0.6) is 5.75 Å². The highest BCUT2D eigenvalue weighted by atomic mass is 32.2. The molecule has 0 amide bonds. The molecule has 0 unspecified atom stereocenters. The minimum Gasteiger partial charge on any atom is -0.439 e. The van der Waals surface area contributed by atoms with E-state index in [1.54, 1.807) is 0 Å². The first-order valence-corrected chi connectivity index (χ1v) is 20.2. The highest BCUT2D eigenvalue weighted by molar-refractivity contribution is 7.86. The standard InChI is InChI=1S/C39H40N2O8S2/c1-2-29(25-38-40(21-9-11-23-50(42,43)44)34-27-32(17-19-36(34)48-38)30-13-5-3-6-14-30)26-39-41(22-10-12-24-51(45,46)47)35-28-33(18-20-37(35)49-39)31-15-7-4-8-16-31/h3-8,13-20,25-28H,2,9-12,21-24H2,1H3,(H-,42,43,44,45,46,47)/p+1. The number of fused-ring (bicyclic) bond motifs is 2. The summed E-state index contributed by atoms with van der Waals surface area (Å²) in [5.41, 5.74) is 7.43. The number of hydrogen-bond donors (Lipinski definition) is 2. The van der Waals surface area contributed by atoms with E-state index in [9.17, 15) is 25.9 Å². The minimum absolute atomic E-state index is 0.286. The SMILES string of the molecule is CCC(/C=C1\Oc2ccc(-c3ccccc3)cc2N1CCCCS(=O)(=O)O)=C\c1oc2ccc(-c3ccccc3)cc2[n+]1CCCCS(=O)(=O)O. The second-order valence-corrected chi connectivity index (χ2v) is 15.6. The monoisotopic (exact) mass is 729 g/mol. The van der Waals surface area contributed by atoms with Gasteiger partial charge in [0.25, 0.3) is 25.8 Å². The molecule has 0 bridgehead atoms. The summed E-state index contributed by atoms with van der Waals surface area (Å²) in [5, 5.41) is 0. The number of anilines is 1. The maximum Gasteiger partial charge on any atom is 0.374 e. The molecule has 2 N–H and O–H groups in total. The molecule has 1 aliphatic rings. The van der Waals surface area contributed by atoms with E-state index in [-0.39, 0.29) is 24.3 Å². The van der Waals surface area contributed by atoms with Crippen LogP contribution in [0, 0.1) is 0 Å². The summed E-state index contributed by atoms with van der Waals surface area (Å²) in [6, 6.07) is 32.0. The van der Waals surface area contributed by atoms with Gasteiger partial charge in [0.1, 0.15) is 0 Å². The van der Waals surface area contributed by atoms with Crippen LogP contribution < -0.4 is 14.2 Å². The van der Waals surface area contributed by atoms with Gasteiger partial charge in [0.15, 0.2) is 12.3 Å². The maximum atomic E-state index is 11.4. The van der Waals surface area contributed by atoms with Crippen LogP contribution in [0.25, 0.3) is 39.4 Å². The van der Waals surface area contributed by atoms with E-state index in [4.69, 9.17) is 9.15 Å². The summed E-state index contributed by atoms with van der Waals surface area (Å²) < 4.78 is 79.1. The number of unbranched alkanes of at least 4 members (excludes halogenated alkanes) is 2. The number of oxazole rings is 1. The van der Waals surface area contributed by atoms with E-state index in [0.29, 0.717) is 55.5 Å². The third-order valence-corrected chi connectivity index (χ3v) is 10.4. The van der Waals surface area contributed by atoms with Crippen molar-refractivity contribution in [2.24, 2.45) is 0 Å². The van der Waals surface area contributed by atoms with Crippen molar-refractivity contribution in [3.63, 3.8) is 0 Å². The predicted molar refractivity (Wildman–Crippen MR) is 199 cm³/mol. The summed E-state index contributed by atoms with van der Waals surface area (Å²) in [4.78, 5) is 2.03. The van der Waals surface area contributed by atoms with Gasteiger partial charge in [-0.1, -0.05) is 79.7 Å². The van der Waals surface area contributed by atoms with Gasteiger partial charge in [-0.15, -0.1) is 0 Å². The van der Waals surface area contributed by atoms with Crippen molar-refractivity contribution in [3.05, 3.63) is 120 Å². The number of benzene rings is 4. The Kier molecular flexibility index (Phi) is 11.1. The smallest absolute Gasteiger partial charge is 0.374 e. The van der Waals surface area contributed by atoms with Crippen molar-refractivity contribution >= 4 is 43.1 Å². The van der Waals surface area contributed by atoms with Crippen LogP contribution >= 0.6 is 0 Å². The molecule has 4 aromatic carbocycles. The lowest BCUT2D eigenvalue weighted by Crippen LogP contribution is -2.35. The normalized spacial score (nSPS) is 14.3. The summed E-state index contributed by atoms with van der Waals surface area (Å²) in [6.45, 7) is 2.95. The Morgan fingerprint density at radius 2 is 1.35 bits per heavy atom. The molecule has 0 saturated heterocycles. The zero-order valence-electron chi connectivity index (χ0n) is 28.3. The van der Waals surface area contributed by atoms with Crippen LogP contribution in [0.3, 0.4) is 0 Å². The highest BCUT2D eigenvalue weighted by Gasteiger charge is 2.28. The van der Waals surface area contributed by atoms with Gasteiger partial charge in [-0.3, -0.25) is 9.11 Å². The number of aryl methyl sites for hydroxylation is 1. The molecule has 12 heteroatoms. The van der Waals surface area contributed by atoms with Crippen LogP contribution in [0.2, 0.25) is 0 Å². The predicted octanol–water partition coefficient (Wildman–Crippen LogP) is 7.92. The van der Waals surface area contributed by atoms with E-state index >= 15 is 0 Å². The van der Waals surface area contributed by atoms with Gasteiger partial charge in [0, 0.05) is 25.1 Å². The Morgan fingerprint density at radius 3 is 1.98 bits per heavy atom. The van der Waals surface area contributed by atoms with Crippen LogP contribution in [0.4, 0.5) is 5.69 Å². The van der Waals surface area contributed by atoms with Crippen molar-refractivity contribution in [2.75, 3.05) is 23.0 Å². The number of rotatable bonds is 15. The molecule has 51 heavy (non-hydrogen) atoms. The quantitative estimate of drug-likeness (QED) is 0.0625. The summed E-state index contributed by atoms with van der Waals surface area (Å²) >= 11 is 0. The zero-order chi connectivity index (χ0) is 36.0. The summed E-state index contributed by atoms with van der Waals surface area (Å²) in [5.74, 6) is 1.20. The molecular formula is C39H41N2O8S2+. The number of nitrogens with zero attached hydrogens (tertiary/aromatic N) is 2. The molecule has 0 aliphatic carbocycles. The lowest BCUT2D eigenvalue weighted by Gasteiger charge is -2.19. The molecule has 1 aliphatic heterocycles. The van der Waals surface area contributed by atoms with Gasteiger partial charge in [0.05, 0.1) is 23.3 Å². The Labute approximate surface area is 298 Å². The van der Waals surface area contributed by atoms with E-state index in [1.165, 1.54) is 0 Å². The summed E-state index contributed by atoms with van der Waals surface area (Å²) in [7, 11) is -8.15. The lowest BCUT2D eigenvalue weighted by molar-refractivity contribution is -0.678. The van der Waals surface area contributed by atoms with Gasteiger partial charge >= 0.3 is 5.89 Å². The minimum atomic E-state index is -4.07. The van der Waals surface area contributed by atoms with Gasteiger partial charge in [-0.05, 0) is 71.7 Å². The van der Waals surface area contributed by atoms with Crippen molar-refractivity contribution in [1.29, 1.82) is 0 Å². The first kappa shape index (κ1) is 36.1. The average molecular weight is 730 g/mol.